The Labute approximate surface area is 172 Å². The number of aryl methyl sites for hydroxylation is 1. The highest BCUT2D eigenvalue weighted by Gasteiger charge is 2.32. The van der Waals surface area contributed by atoms with E-state index >= 15 is 0 Å². The van der Waals surface area contributed by atoms with Crippen LogP contribution in [0.3, 0.4) is 0 Å². The van der Waals surface area contributed by atoms with Crippen molar-refractivity contribution in [3.8, 4) is 5.75 Å². The molecule has 0 radical (unpaired) electrons. The van der Waals surface area contributed by atoms with Crippen molar-refractivity contribution in [1.29, 1.82) is 0 Å². The first kappa shape index (κ1) is 21.8. The van der Waals surface area contributed by atoms with Gasteiger partial charge in [0.25, 0.3) is 0 Å². The maximum atomic E-state index is 13.0. The van der Waals surface area contributed by atoms with Gasteiger partial charge in [0.15, 0.2) is 5.82 Å². The van der Waals surface area contributed by atoms with Gasteiger partial charge in [-0.05, 0) is 62.1 Å². The summed E-state index contributed by atoms with van der Waals surface area (Å²) < 4.78 is 44.0. The summed E-state index contributed by atoms with van der Waals surface area (Å²) in [6, 6.07) is 8.93. The highest BCUT2D eigenvalue weighted by atomic mass is 19.4. The number of nitrogens with one attached hydrogen (secondary N) is 1. The van der Waals surface area contributed by atoms with Crippen molar-refractivity contribution >= 4 is 16.6 Å². The molecule has 0 saturated carbocycles. The number of fused-ring (bicyclic) bond motifs is 1. The summed E-state index contributed by atoms with van der Waals surface area (Å²) in [5.74, 6) is 0.492. The van der Waals surface area contributed by atoms with Crippen LogP contribution < -0.4 is 5.32 Å². The highest BCUT2D eigenvalue weighted by Crippen LogP contribution is 2.33. The number of aromatic hydroxyl groups is 1. The molecule has 0 spiro atoms. The summed E-state index contributed by atoms with van der Waals surface area (Å²) >= 11 is 0. The number of rotatable bonds is 3. The van der Waals surface area contributed by atoms with E-state index < -0.39 is 11.7 Å². The van der Waals surface area contributed by atoms with Crippen molar-refractivity contribution in [2.75, 3.05) is 18.5 Å². The standard InChI is InChI=1S/C18H16F3N3O.C4H8O/c1-10-12(4-3-5-16(10)18(19,20)21)9-22-17-15-8-13(25)6-7-14(15)11(2)23-24-17;1-2-4-5-3-1/h3-8,25H,9H2,1-2H3,(H,22,24);1-4H2. The average molecular weight is 419 g/mol. The minimum absolute atomic E-state index is 0.0817. The molecule has 2 aromatic carbocycles. The molecule has 8 heteroatoms. The Balaban J connectivity index is 0.000000448. The topological polar surface area (TPSA) is 67.3 Å². The van der Waals surface area contributed by atoms with E-state index in [2.05, 4.69) is 15.5 Å². The van der Waals surface area contributed by atoms with E-state index in [9.17, 15) is 18.3 Å². The van der Waals surface area contributed by atoms with Crippen LogP contribution in [-0.2, 0) is 17.5 Å². The number of halogens is 3. The molecule has 1 aliphatic rings. The summed E-state index contributed by atoms with van der Waals surface area (Å²) in [5.41, 5.74) is 0.750. The molecule has 0 amide bonds. The number of nitrogens with zero attached hydrogens (tertiary/aromatic N) is 2. The van der Waals surface area contributed by atoms with Crippen molar-refractivity contribution in [1.82, 2.24) is 10.2 Å². The average Bonchev–Trinajstić information content (AvgIpc) is 3.27. The third-order valence-corrected chi connectivity index (χ3v) is 4.97. The second kappa shape index (κ2) is 9.30. The lowest BCUT2D eigenvalue weighted by Gasteiger charge is -2.15. The molecular formula is C22H24F3N3O2. The second-order valence-corrected chi connectivity index (χ2v) is 7.12. The Morgan fingerprint density at radius 2 is 1.77 bits per heavy atom. The molecule has 1 aliphatic heterocycles. The van der Waals surface area contributed by atoms with E-state index in [0.717, 1.165) is 24.7 Å². The number of phenolic OH excluding ortho intramolecular Hbond substituents is 1. The number of aromatic nitrogens is 2. The molecule has 0 aliphatic carbocycles. The van der Waals surface area contributed by atoms with Crippen molar-refractivity contribution in [2.45, 2.75) is 39.4 Å². The maximum absolute atomic E-state index is 13.0. The molecule has 1 fully saturated rings. The van der Waals surface area contributed by atoms with Gasteiger partial charge in [-0.3, -0.25) is 0 Å². The smallest absolute Gasteiger partial charge is 0.416 e. The summed E-state index contributed by atoms with van der Waals surface area (Å²) in [6.45, 7) is 5.41. The first-order chi connectivity index (χ1) is 14.3. The largest absolute Gasteiger partial charge is 0.508 e. The van der Waals surface area contributed by atoms with Crippen molar-refractivity contribution in [3.63, 3.8) is 0 Å². The van der Waals surface area contributed by atoms with Crippen molar-refractivity contribution < 1.29 is 23.0 Å². The monoisotopic (exact) mass is 419 g/mol. The fraction of sp³-hybridized carbons (Fsp3) is 0.364. The first-order valence-corrected chi connectivity index (χ1v) is 9.70. The van der Waals surface area contributed by atoms with Crippen LogP contribution in [0, 0.1) is 13.8 Å². The lowest BCUT2D eigenvalue weighted by molar-refractivity contribution is -0.138. The summed E-state index contributed by atoms with van der Waals surface area (Å²) in [7, 11) is 0. The number of hydrogen-bond acceptors (Lipinski definition) is 5. The minimum Gasteiger partial charge on any atom is -0.508 e. The van der Waals surface area contributed by atoms with E-state index in [0.29, 0.717) is 22.5 Å². The predicted octanol–water partition coefficient (Wildman–Crippen LogP) is 5.38. The van der Waals surface area contributed by atoms with Crippen molar-refractivity contribution in [2.24, 2.45) is 0 Å². The second-order valence-electron chi connectivity index (χ2n) is 7.12. The minimum atomic E-state index is -4.39. The molecule has 160 valence electrons. The Hall–Kier alpha value is -2.87. The summed E-state index contributed by atoms with van der Waals surface area (Å²) in [6.07, 6.45) is -1.83. The van der Waals surface area contributed by atoms with Gasteiger partial charge in [-0.2, -0.15) is 18.3 Å². The molecule has 2 heterocycles. The molecule has 2 N–H and O–H groups in total. The van der Waals surface area contributed by atoms with Crippen LogP contribution in [0.5, 0.6) is 5.75 Å². The van der Waals surface area contributed by atoms with Gasteiger partial charge in [0, 0.05) is 30.5 Å². The Kier molecular flexibility index (Phi) is 6.77. The number of benzene rings is 2. The van der Waals surface area contributed by atoms with Crippen LogP contribution >= 0.6 is 0 Å². The van der Waals surface area contributed by atoms with Gasteiger partial charge in [0.1, 0.15) is 5.75 Å². The maximum Gasteiger partial charge on any atom is 0.416 e. The third kappa shape index (κ3) is 5.18. The van der Waals surface area contributed by atoms with Gasteiger partial charge in [-0.25, -0.2) is 0 Å². The van der Waals surface area contributed by atoms with E-state index in [4.69, 9.17) is 4.74 Å². The summed E-state index contributed by atoms with van der Waals surface area (Å²) in [4.78, 5) is 0. The van der Waals surface area contributed by atoms with Gasteiger partial charge < -0.3 is 15.2 Å². The lowest BCUT2D eigenvalue weighted by Crippen LogP contribution is -2.11. The molecule has 3 aromatic rings. The molecule has 0 bridgehead atoms. The number of phenols is 1. The van der Waals surface area contributed by atoms with Crippen LogP contribution in [0.25, 0.3) is 10.8 Å². The summed E-state index contributed by atoms with van der Waals surface area (Å²) in [5, 5.41) is 22.3. The van der Waals surface area contributed by atoms with Crippen LogP contribution in [0.2, 0.25) is 0 Å². The van der Waals surface area contributed by atoms with Crippen LogP contribution in [0.1, 0.15) is 35.2 Å². The van der Waals surface area contributed by atoms with E-state index in [-0.39, 0.29) is 17.9 Å². The molecule has 1 saturated heterocycles. The lowest BCUT2D eigenvalue weighted by atomic mass is 10.0. The normalized spacial score (nSPS) is 13.8. The number of alkyl halides is 3. The molecule has 4 rings (SSSR count). The molecule has 0 unspecified atom stereocenters. The Morgan fingerprint density at radius 1 is 1.03 bits per heavy atom. The van der Waals surface area contributed by atoms with Gasteiger partial charge in [-0.15, -0.1) is 5.10 Å². The van der Waals surface area contributed by atoms with Gasteiger partial charge >= 0.3 is 6.18 Å². The molecular weight excluding hydrogens is 395 g/mol. The fourth-order valence-corrected chi connectivity index (χ4v) is 3.28. The third-order valence-electron chi connectivity index (χ3n) is 4.97. The molecule has 1 aromatic heterocycles. The van der Waals surface area contributed by atoms with E-state index in [1.54, 1.807) is 31.2 Å². The van der Waals surface area contributed by atoms with E-state index in [1.807, 2.05) is 0 Å². The quantitative estimate of drug-likeness (QED) is 0.597. The van der Waals surface area contributed by atoms with Crippen LogP contribution in [0.15, 0.2) is 36.4 Å². The number of hydrogen-bond donors (Lipinski definition) is 2. The van der Waals surface area contributed by atoms with Crippen molar-refractivity contribution in [3.05, 3.63) is 58.8 Å². The zero-order valence-corrected chi connectivity index (χ0v) is 16.9. The number of ether oxygens (including phenoxy) is 1. The molecule has 30 heavy (non-hydrogen) atoms. The van der Waals surface area contributed by atoms with E-state index in [1.165, 1.54) is 25.8 Å². The molecule has 0 atom stereocenters. The SMILES string of the molecule is C1CCOC1.Cc1c(CNc2nnc(C)c3ccc(O)cc23)cccc1C(F)(F)F. The first-order valence-electron chi connectivity index (χ1n) is 9.70. The highest BCUT2D eigenvalue weighted by molar-refractivity contribution is 5.93. The van der Waals surface area contributed by atoms with Crippen LogP contribution in [0.4, 0.5) is 19.0 Å². The van der Waals surface area contributed by atoms with Gasteiger partial charge in [0.2, 0.25) is 0 Å². The predicted molar refractivity (Wildman–Crippen MR) is 110 cm³/mol. The van der Waals surface area contributed by atoms with Crippen LogP contribution in [-0.4, -0.2) is 28.5 Å². The zero-order chi connectivity index (χ0) is 21.7. The van der Waals surface area contributed by atoms with Gasteiger partial charge in [-0.1, -0.05) is 12.1 Å². The number of anilines is 1. The Morgan fingerprint density at radius 3 is 2.40 bits per heavy atom. The zero-order valence-electron chi connectivity index (χ0n) is 16.9. The fourth-order valence-electron chi connectivity index (χ4n) is 3.28. The molecule has 5 nitrogen and oxygen atoms in total. The Bertz CT molecular complexity index is 1010. The van der Waals surface area contributed by atoms with Gasteiger partial charge in [0.05, 0.1) is 11.3 Å².